The van der Waals surface area contributed by atoms with Gasteiger partial charge in [0.2, 0.25) is 0 Å². The van der Waals surface area contributed by atoms with Crippen molar-refractivity contribution in [2.75, 3.05) is 33.2 Å². The van der Waals surface area contributed by atoms with Gasteiger partial charge in [0.1, 0.15) is 0 Å². The standard InChI is InChI=1S/C17H28N2O2/c1-18(12-17(20)21)16-3-2-7-19(8-6-16)11-15-10-13-4-5-14(15)9-13/h4-5,13-16H,2-3,6-12H2,1H3,(H,20,21). The van der Waals surface area contributed by atoms with Gasteiger partial charge in [0, 0.05) is 12.6 Å². The van der Waals surface area contributed by atoms with Crippen molar-refractivity contribution < 1.29 is 9.90 Å². The van der Waals surface area contributed by atoms with Crippen molar-refractivity contribution in [1.82, 2.24) is 9.80 Å². The first-order valence-corrected chi connectivity index (χ1v) is 8.44. The fourth-order valence-corrected chi connectivity index (χ4v) is 4.54. The van der Waals surface area contributed by atoms with Crippen LogP contribution < -0.4 is 0 Å². The van der Waals surface area contributed by atoms with Gasteiger partial charge < -0.3 is 10.0 Å². The summed E-state index contributed by atoms with van der Waals surface area (Å²) >= 11 is 0. The van der Waals surface area contributed by atoms with E-state index in [-0.39, 0.29) is 6.54 Å². The van der Waals surface area contributed by atoms with Crippen molar-refractivity contribution in [3.63, 3.8) is 0 Å². The molecule has 1 heterocycles. The zero-order valence-corrected chi connectivity index (χ0v) is 13.1. The third-order valence-electron chi connectivity index (χ3n) is 5.71. The average molecular weight is 292 g/mol. The molecule has 0 radical (unpaired) electrons. The number of likely N-dealkylation sites (tertiary alicyclic amines) is 1. The minimum atomic E-state index is -0.715. The molecule has 4 heteroatoms. The van der Waals surface area contributed by atoms with E-state index in [0.29, 0.717) is 6.04 Å². The number of aliphatic carboxylic acids is 1. The summed E-state index contributed by atoms with van der Waals surface area (Å²) in [6, 6.07) is 0.436. The van der Waals surface area contributed by atoms with E-state index in [9.17, 15) is 4.79 Å². The van der Waals surface area contributed by atoms with E-state index in [2.05, 4.69) is 17.1 Å². The largest absolute Gasteiger partial charge is 0.480 e. The molecule has 4 atom stereocenters. The molecule has 0 amide bonds. The number of nitrogens with zero attached hydrogens (tertiary/aromatic N) is 2. The Morgan fingerprint density at radius 3 is 2.81 bits per heavy atom. The highest BCUT2D eigenvalue weighted by atomic mass is 16.4. The zero-order valence-electron chi connectivity index (χ0n) is 13.1. The van der Waals surface area contributed by atoms with Crippen LogP contribution in [0.2, 0.25) is 0 Å². The van der Waals surface area contributed by atoms with E-state index in [1.165, 1.54) is 32.4 Å². The molecule has 2 bridgehead atoms. The summed E-state index contributed by atoms with van der Waals surface area (Å²) in [4.78, 5) is 15.5. The monoisotopic (exact) mass is 292 g/mol. The summed E-state index contributed by atoms with van der Waals surface area (Å²) < 4.78 is 0. The van der Waals surface area contributed by atoms with Gasteiger partial charge >= 0.3 is 5.97 Å². The smallest absolute Gasteiger partial charge is 0.317 e. The molecule has 2 aliphatic carbocycles. The lowest BCUT2D eigenvalue weighted by Gasteiger charge is -2.28. The predicted octanol–water partition coefficient (Wildman–Crippen LogP) is 2.07. The molecule has 1 N–H and O–H groups in total. The molecule has 1 aliphatic heterocycles. The molecule has 0 aromatic heterocycles. The van der Waals surface area contributed by atoms with Gasteiger partial charge in [-0.1, -0.05) is 12.2 Å². The van der Waals surface area contributed by atoms with Crippen LogP contribution in [0, 0.1) is 17.8 Å². The highest BCUT2D eigenvalue weighted by Crippen LogP contribution is 2.43. The lowest BCUT2D eigenvalue weighted by Crippen LogP contribution is -2.37. The second kappa shape index (κ2) is 6.49. The average Bonchev–Trinajstić information content (AvgIpc) is 2.95. The Hall–Kier alpha value is -0.870. The Morgan fingerprint density at radius 2 is 2.14 bits per heavy atom. The molecule has 1 saturated carbocycles. The molecule has 3 aliphatic rings. The molecule has 4 unspecified atom stereocenters. The molecular formula is C17H28N2O2. The number of carbonyl (C=O) groups is 1. The van der Waals surface area contributed by atoms with Crippen LogP contribution in [0.1, 0.15) is 32.1 Å². The Morgan fingerprint density at radius 1 is 1.29 bits per heavy atom. The Balaban J connectivity index is 1.47. The molecule has 1 saturated heterocycles. The summed E-state index contributed by atoms with van der Waals surface area (Å²) in [6.45, 7) is 3.74. The number of carboxylic acids is 1. The van der Waals surface area contributed by atoms with Crippen molar-refractivity contribution in [1.29, 1.82) is 0 Å². The Bertz CT molecular complexity index is 410. The van der Waals surface area contributed by atoms with Crippen molar-refractivity contribution in [3.05, 3.63) is 12.2 Å². The molecule has 0 aromatic rings. The SMILES string of the molecule is CN(CC(=O)O)C1CCCN(CC2CC3C=CC2C3)CC1. The third-order valence-corrected chi connectivity index (χ3v) is 5.71. The van der Waals surface area contributed by atoms with Crippen LogP contribution in [0.5, 0.6) is 0 Å². The minimum Gasteiger partial charge on any atom is -0.480 e. The number of carboxylic acid groups (broad SMARTS) is 1. The molecule has 21 heavy (non-hydrogen) atoms. The van der Waals surface area contributed by atoms with E-state index < -0.39 is 5.97 Å². The van der Waals surface area contributed by atoms with Crippen LogP contribution in [-0.2, 0) is 4.79 Å². The topological polar surface area (TPSA) is 43.8 Å². The second-order valence-electron chi connectivity index (χ2n) is 7.23. The predicted molar refractivity (Wildman–Crippen MR) is 83.2 cm³/mol. The minimum absolute atomic E-state index is 0.168. The zero-order chi connectivity index (χ0) is 14.8. The maximum atomic E-state index is 10.8. The first kappa shape index (κ1) is 15.0. The Labute approximate surface area is 127 Å². The number of rotatable bonds is 5. The number of allylic oxidation sites excluding steroid dienone is 2. The molecule has 118 valence electrons. The Kier molecular flexibility index (Phi) is 4.65. The first-order valence-electron chi connectivity index (χ1n) is 8.44. The quantitative estimate of drug-likeness (QED) is 0.788. The molecule has 0 spiro atoms. The van der Waals surface area contributed by atoms with E-state index in [4.69, 9.17) is 5.11 Å². The molecular weight excluding hydrogens is 264 g/mol. The summed E-state index contributed by atoms with van der Waals surface area (Å²) in [5, 5.41) is 8.93. The molecule has 2 fully saturated rings. The normalized spacial score (nSPS) is 36.3. The van der Waals surface area contributed by atoms with E-state index >= 15 is 0 Å². The van der Waals surface area contributed by atoms with Gasteiger partial charge in [-0.2, -0.15) is 0 Å². The maximum absolute atomic E-state index is 10.8. The van der Waals surface area contributed by atoms with Gasteiger partial charge in [-0.05, 0) is 70.0 Å². The van der Waals surface area contributed by atoms with Crippen molar-refractivity contribution in [3.8, 4) is 0 Å². The molecule has 4 nitrogen and oxygen atoms in total. The van der Waals surface area contributed by atoms with Gasteiger partial charge in [0.25, 0.3) is 0 Å². The summed E-state index contributed by atoms with van der Waals surface area (Å²) in [6.07, 6.45) is 11.1. The van der Waals surface area contributed by atoms with Gasteiger partial charge in [0.05, 0.1) is 6.54 Å². The number of hydrogen-bond acceptors (Lipinski definition) is 3. The van der Waals surface area contributed by atoms with Gasteiger partial charge in [-0.25, -0.2) is 0 Å². The third kappa shape index (κ3) is 3.67. The van der Waals surface area contributed by atoms with Crippen molar-refractivity contribution in [2.45, 2.75) is 38.1 Å². The van der Waals surface area contributed by atoms with Crippen LogP contribution in [0.4, 0.5) is 0 Å². The van der Waals surface area contributed by atoms with Crippen LogP contribution in [0.3, 0.4) is 0 Å². The van der Waals surface area contributed by atoms with Gasteiger partial charge in [-0.3, -0.25) is 9.69 Å². The lowest BCUT2D eigenvalue weighted by atomic mass is 9.93. The number of fused-ring (bicyclic) bond motifs is 2. The van der Waals surface area contributed by atoms with Crippen LogP contribution in [-0.4, -0.2) is 60.1 Å². The highest BCUT2D eigenvalue weighted by molar-refractivity contribution is 5.69. The van der Waals surface area contributed by atoms with Gasteiger partial charge in [-0.15, -0.1) is 0 Å². The first-order chi connectivity index (χ1) is 10.1. The number of likely N-dealkylation sites (N-methyl/N-ethyl adjacent to an activating group) is 1. The second-order valence-corrected chi connectivity index (χ2v) is 7.23. The lowest BCUT2D eigenvalue weighted by molar-refractivity contribution is -0.138. The van der Waals surface area contributed by atoms with Crippen molar-refractivity contribution >= 4 is 5.97 Å². The molecule has 3 rings (SSSR count). The summed E-state index contributed by atoms with van der Waals surface area (Å²) in [5.41, 5.74) is 0. The maximum Gasteiger partial charge on any atom is 0.317 e. The van der Waals surface area contributed by atoms with Crippen LogP contribution >= 0.6 is 0 Å². The van der Waals surface area contributed by atoms with Crippen molar-refractivity contribution in [2.24, 2.45) is 17.8 Å². The fourth-order valence-electron chi connectivity index (χ4n) is 4.54. The van der Waals surface area contributed by atoms with E-state index in [1.54, 1.807) is 0 Å². The van der Waals surface area contributed by atoms with E-state index in [1.807, 2.05) is 11.9 Å². The van der Waals surface area contributed by atoms with Crippen LogP contribution in [0.15, 0.2) is 12.2 Å². The van der Waals surface area contributed by atoms with E-state index in [0.717, 1.165) is 37.1 Å². The summed E-state index contributed by atoms with van der Waals surface area (Å²) in [7, 11) is 1.95. The van der Waals surface area contributed by atoms with Gasteiger partial charge in [0.15, 0.2) is 0 Å². The fraction of sp³-hybridized carbons (Fsp3) is 0.824. The number of hydrogen-bond donors (Lipinski definition) is 1. The molecule has 0 aromatic carbocycles. The highest BCUT2D eigenvalue weighted by Gasteiger charge is 2.36. The van der Waals surface area contributed by atoms with Crippen LogP contribution in [0.25, 0.3) is 0 Å². The summed E-state index contributed by atoms with van der Waals surface area (Å²) in [5.74, 6) is 1.85.